The molecule has 1 unspecified atom stereocenters. The second kappa shape index (κ2) is 12.1. The highest BCUT2D eigenvalue weighted by Gasteiger charge is 2.51. The molecule has 7 nitrogen and oxygen atoms in total. The first-order chi connectivity index (χ1) is 21.0. The van der Waals surface area contributed by atoms with Crippen LogP contribution in [0.1, 0.15) is 72.5 Å². The number of carbonyl (C=O) groups excluding carboxylic acids is 2. The molecular weight excluding hydrogens is 571 g/mol. The van der Waals surface area contributed by atoms with Crippen LogP contribution in [-0.2, 0) is 6.18 Å². The van der Waals surface area contributed by atoms with Crippen molar-refractivity contribution in [3.63, 3.8) is 0 Å². The van der Waals surface area contributed by atoms with E-state index in [-0.39, 0.29) is 29.8 Å². The molecule has 0 spiro atoms. The van der Waals surface area contributed by atoms with Crippen molar-refractivity contribution in [1.82, 2.24) is 10.6 Å². The van der Waals surface area contributed by atoms with Gasteiger partial charge < -0.3 is 25.8 Å². The SMILES string of the molecule is O=C(NCCC(Oc1ccc(C(=O)Nc2cccc(O)c2)cc1)c1ccc(C(F)(F)F)cc1)NC12CC3CC(CC(C3)C1)C2. The molecule has 3 amide bonds. The van der Waals surface area contributed by atoms with Crippen LogP contribution in [0.2, 0.25) is 0 Å². The van der Waals surface area contributed by atoms with Crippen molar-refractivity contribution in [2.45, 2.75) is 62.8 Å². The van der Waals surface area contributed by atoms with Crippen molar-refractivity contribution < 1.29 is 32.6 Å². The number of urea groups is 1. The third-order valence-corrected chi connectivity index (χ3v) is 9.22. The van der Waals surface area contributed by atoms with Gasteiger partial charge >= 0.3 is 12.2 Å². The molecule has 4 fully saturated rings. The van der Waals surface area contributed by atoms with Crippen molar-refractivity contribution in [2.75, 3.05) is 11.9 Å². The second-order valence-electron chi connectivity index (χ2n) is 12.6. The molecule has 232 valence electrons. The Morgan fingerprint density at radius 3 is 2.14 bits per heavy atom. The molecule has 0 saturated heterocycles. The number of amides is 3. The lowest BCUT2D eigenvalue weighted by atomic mass is 9.53. The van der Waals surface area contributed by atoms with E-state index < -0.39 is 17.8 Å². The topological polar surface area (TPSA) is 99.7 Å². The van der Waals surface area contributed by atoms with Gasteiger partial charge in [-0.05, 0) is 110 Å². The van der Waals surface area contributed by atoms with Crippen LogP contribution in [0.3, 0.4) is 0 Å². The van der Waals surface area contributed by atoms with E-state index in [0.29, 0.717) is 46.7 Å². The molecule has 4 aliphatic rings. The Morgan fingerprint density at radius 1 is 0.909 bits per heavy atom. The number of phenolic OH excluding ortho intramolecular Hbond substituents is 1. The summed E-state index contributed by atoms with van der Waals surface area (Å²) in [6, 6.07) is 17.2. The molecule has 0 aromatic heterocycles. The van der Waals surface area contributed by atoms with Crippen LogP contribution >= 0.6 is 0 Å². The second-order valence-corrected chi connectivity index (χ2v) is 12.6. The minimum absolute atomic E-state index is 0.0283. The number of hydrogen-bond donors (Lipinski definition) is 4. The van der Waals surface area contributed by atoms with E-state index in [9.17, 15) is 27.9 Å². The molecule has 44 heavy (non-hydrogen) atoms. The Hall–Kier alpha value is -4.21. The number of benzene rings is 3. The molecule has 3 aromatic rings. The molecule has 0 heterocycles. The van der Waals surface area contributed by atoms with Crippen LogP contribution < -0.4 is 20.7 Å². The highest BCUT2D eigenvalue weighted by molar-refractivity contribution is 6.04. The summed E-state index contributed by atoms with van der Waals surface area (Å²) in [7, 11) is 0. The molecule has 4 N–H and O–H groups in total. The summed E-state index contributed by atoms with van der Waals surface area (Å²) < 4.78 is 45.8. The lowest BCUT2D eigenvalue weighted by Gasteiger charge is -2.56. The molecule has 0 aliphatic heterocycles. The van der Waals surface area contributed by atoms with Crippen molar-refractivity contribution in [3.05, 3.63) is 89.5 Å². The van der Waals surface area contributed by atoms with Gasteiger partial charge in [0, 0.05) is 35.8 Å². The summed E-state index contributed by atoms with van der Waals surface area (Å²) in [6.07, 6.45) is 2.14. The minimum Gasteiger partial charge on any atom is -0.508 e. The normalized spacial score (nSPS) is 24.4. The Bertz CT molecular complexity index is 1460. The molecule has 7 rings (SSSR count). The summed E-state index contributed by atoms with van der Waals surface area (Å²) >= 11 is 0. The number of ether oxygens (including phenoxy) is 1. The maximum absolute atomic E-state index is 13.2. The van der Waals surface area contributed by atoms with E-state index in [1.165, 1.54) is 43.5 Å². The first kappa shape index (κ1) is 29.8. The molecule has 1 atom stereocenters. The third kappa shape index (κ3) is 6.95. The van der Waals surface area contributed by atoms with E-state index in [4.69, 9.17) is 4.74 Å². The molecule has 0 radical (unpaired) electrons. The molecule has 4 saturated carbocycles. The minimum atomic E-state index is -4.46. The lowest BCUT2D eigenvalue weighted by Crippen LogP contribution is -2.61. The van der Waals surface area contributed by atoms with E-state index in [1.807, 2.05) is 0 Å². The summed E-state index contributed by atoms with van der Waals surface area (Å²) in [4.78, 5) is 25.6. The van der Waals surface area contributed by atoms with Crippen LogP contribution in [0.4, 0.5) is 23.7 Å². The van der Waals surface area contributed by atoms with E-state index >= 15 is 0 Å². The van der Waals surface area contributed by atoms with Crippen molar-refractivity contribution >= 4 is 17.6 Å². The number of rotatable bonds is 9. The standard InChI is InChI=1S/C34H36F3N3O4/c35-34(36,37)26-8-4-24(5-9-26)30(12-13-38-32(43)40-33-18-21-14-22(19-33)16-23(15-21)20-33)44-29-10-6-25(7-11-29)31(42)39-27-2-1-3-28(41)17-27/h1-11,17,21-23,30,41H,12-16,18-20H2,(H,39,42)(H2,38,40,43). The number of hydrogen-bond acceptors (Lipinski definition) is 4. The number of anilines is 1. The Balaban J connectivity index is 1.10. The van der Waals surface area contributed by atoms with Crippen LogP contribution in [0.15, 0.2) is 72.8 Å². The molecule has 3 aromatic carbocycles. The molecule has 4 aliphatic carbocycles. The van der Waals surface area contributed by atoms with E-state index in [1.54, 1.807) is 36.4 Å². The highest BCUT2D eigenvalue weighted by Crippen LogP contribution is 2.55. The summed E-state index contributed by atoms with van der Waals surface area (Å²) in [5.41, 5.74) is 0.450. The fraction of sp³-hybridized carbons (Fsp3) is 0.412. The number of alkyl halides is 3. The Kier molecular flexibility index (Phi) is 8.18. The first-order valence-electron chi connectivity index (χ1n) is 15.1. The van der Waals surface area contributed by atoms with Gasteiger partial charge in [0.25, 0.3) is 5.91 Å². The number of phenols is 1. The van der Waals surface area contributed by atoms with Crippen LogP contribution in [0, 0.1) is 17.8 Å². The van der Waals surface area contributed by atoms with Gasteiger partial charge in [-0.25, -0.2) is 4.79 Å². The van der Waals surface area contributed by atoms with Gasteiger partial charge in [0.05, 0.1) is 5.56 Å². The van der Waals surface area contributed by atoms with Crippen LogP contribution in [-0.4, -0.2) is 29.1 Å². The zero-order chi connectivity index (χ0) is 30.9. The quantitative estimate of drug-likeness (QED) is 0.203. The first-order valence-corrected chi connectivity index (χ1v) is 15.1. The lowest BCUT2D eigenvalue weighted by molar-refractivity contribution is -0.137. The number of carbonyl (C=O) groups is 2. The zero-order valence-corrected chi connectivity index (χ0v) is 24.2. The highest BCUT2D eigenvalue weighted by atomic mass is 19.4. The maximum atomic E-state index is 13.2. The average molecular weight is 608 g/mol. The summed E-state index contributed by atoms with van der Waals surface area (Å²) in [5.74, 6) is 2.16. The van der Waals surface area contributed by atoms with Gasteiger partial charge in [-0.1, -0.05) is 18.2 Å². The van der Waals surface area contributed by atoms with Gasteiger partial charge in [-0.2, -0.15) is 13.2 Å². The molecule has 4 bridgehead atoms. The van der Waals surface area contributed by atoms with Crippen LogP contribution in [0.5, 0.6) is 11.5 Å². The third-order valence-electron chi connectivity index (χ3n) is 9.22. The maximum Gasteiger partial charge on any atom is 0.416 e. The zero-order valence-electron chi connectivity index (χ0n) is 24.2. The van der Waals surface area contributed by atoms with Crippen LogP contribution in [0.25, 0.3) is 0 Å². The summed E-state index contributed by atoms with van der Waals surface area (Å²) in [6.45, 7) is 0.258. The fourth-order valence-corrected chi connectivity index (χ4v) is 7.68. The van der Waals surface area contributed by atoms with E-state index in [2.05, 4.69) is 16.0 Å². The smallest absolute Gasteiger partial charge is 0.416 e. The van der Waals surface area contributed by atoms with Crippen molar-refractivity contribution in [1.29, 1.82) is 0 Å². The van der Waals surface area contributed by atoms with Gasteiger partial charge in [-0.3, -0.25) is 4.79 Å². The largest absolute Gasteiger partial charge is 0.508 e. The Morgan fingerprint density at radius 2 is 1.55 bits per heavy atom. The summed E-state index contributed by atoms with van der Waals surface area (Å²) in [5, 5.41) is 18.6. The predicted molar refractivity (Wildman–Crippen MR) is 159 cm³/mol. The number of halogens is 3. The van der Waals surface area contributed by atoms with Crippen molar-refractivity contribution in [2.24, 2.45) is 17.8 Å². The number of nitrogens with one attached hydrogen (secondary N) is 3. The van der Waals surface area contributed by atoms with Gasteiger partial charge in [0.15, 0.2) is 0 Å². The monoisotopic (exact) mass is 607 g/mol. The van der Waals surface area contributed by atoms with Gasteiger partial charge in [-0.15, -0.1) is 0 Å². The average Bonchev–Trinajstić information content (AvgIpc) is 2.95. The molecular formula is C34H36F3N3O4. The number of aromatic hydroxyl groups is 1. The predicted octanol–water partition coefficient (Wildman–Crippen LogP) is 7.44. The molecule has 10 heteroatoms. The van der Waals surface area contributed by atoms with E-state index in [0.717, 1.165) is 31.4 Å². The van der Waals surface area contributed by atoms with Crippen molar-refractivity contribution in [3.8, 4) is 11.5 Å². The fourth-order valence-electron chi connectivity index (χ4n) is 7.68. The van der Waals surface area contributed by atoms with Gasteiger partial charge in [0.1, 0.15) is 17.6 Å². The van der Waals surface area contributed by atoms with Gasteiger partial charge in [0.2, 0.25) is 0 Å². The Labute approximate surface area is 254 Å².